The number of aliphatic imine (C=N–C) groups is 1. The van der Waals surface area contributed by atoms with Crippen LogP contribution >= 0.6 is 11.8 Å². The van der Waals surface area contributed by atoms with Gasteiger partial charge in [0.1, 0.15) is 17.8 Å². The number of primary amides is 1. The number of hydrogen-bond acceptors (Lipinski definition) is 9. The maximum absolute atomic E-state index is 15.6. The van der Waals surface area contributed by atoms with Gasteiger partial charge in [0.15, 0.2) is 17.3 Å². The first-order chi connectivity index (χ1) is 20.1. The fourth-order valence-corrected chi connectivity index (χ4v) is 5.15. The van der Waals surface area contributed by atoms with Gasteiger partial charge in [0.05, 0.1) is 11.8 Å². The van der Waals surface area contributed by atoms with Crippen LogP contribution in [0.2, 0.25) is 0 Å². The summed E-state index contributed by atoms with van der Waals surface area (Å²) in [5.74, 6) is -5.17. The molecular weight excluding hydrogens is 566 g/mol. The topological polar surface area (TPSA) is 160 Å². The Bertz CT molecular complexity index is 1730. The molecule has 10 nitrogen and oxygen atoms in total. The molecule has 13 heteroatoms. The number of aromatic hydroxyl groups is 1. The number of pyridine rings is 1. The number of nitrogen functional groups attached to an aromatic ring is 1. The number of nitrogens with one attached hydrogen (secondary N) is 1. The molecule has 1 aromatic heterocycles. The van der Waals surface area contributed by atoms with Crippen LogP contribution in [0.5, 0.6) is 28.9 Å². The van der Waals surface area contributed by atoms with Crippen LogP contribution in [0.3, 0.4) is 0 Å². The molecule has 0 fully saturated rings. The molecule has 5 rings (SSSR count). The number of ether oxygens (including phenoxy) is 2. The molecule has 1 aliphatic heterocycles. The Hall–Kier alpha value is -5.01. The zero-order chi connectivity index (χ0) is 30.0. The molecule has 3 aromatic carbocycles. The van der Waals surface area contributed by atoms with Gasteiger partial charge in [-0.25, -0.2) is 9.37 Å². The van der Waals surface area contributed by atoms with Crippen molar-refractivity contribution in [1.29, 1.82) is 5.41 Å². The highest BCUT2D eigenvalue weighted by molar-refractivity contribution is 7.99. The molecule has 214 valence electrons. The van der Waals surface area contributed by atoms with Crippen LogP contribution < -0.4 is 20.9 Å². The molecule has 6 N–H and O–H groups in total. The summed E-state index contributed by atoms with van der Waals surface area (Å²) in [5, 5.41) is 17.7. The number of halogens is 2. The number of hydrogen-bond donors (Lipinski definition) is 4. The molecule has 1 atom stereocenters. The van der Waals surface area contributed by atoms with E-state index in [4.69, 9.17) is 26.4 Å². The predicted molar refractivity (Wildman–Crippen MR) is 153 cm³/mol. The molecule has 0 saturated carbocycles. The highest BCUT2D eigenvalue weighted by Crippen LogP contribution is 2.42. The third-order valence-electron chi connectivity index (χ3n) is 6.26. The van der Waals surface area contributed by atoms with Crippen molar-refractivity contribution in [2.24, 2.45) is 16.5 Å². The van der Waals surface area contributed by atoms with Crippen LogP contribution in [-0.4, -0.2) is 46.5 Å². The summed E-state index contributed by atoms with van der Waals surface area (Å²) in [6, 6.07) is 15.7. The van der Waals surface area contributed by atoms with Gasteiger partial charge >= 0.3 is 0 Å². The van der Waals surface area contributed by atoms with E-state index in [2.05, 4.69) is 9.98 Å². The van der Waals surface area contributed by atoms with Crippen molar-refractivity contribution < 1.29 is 28.2 Å². The van der Waals surface area contributed by atoms with E-state index < -0.39 is 35.3 Å². The van der Waals surface area contributed by atoms with Crippen LogP contribution in [-0.2, 0) is 0 Å². The lowest BCUT2D eigenvalue weighted by atomic mass is 10.1. The average Bonchev–Trinajstić information content (AvgIpc) is 3.39. The Balaban J connectivity index is 1.51. The van der Waals surface area contributed by atoms with Crippen molar-refractivity contribution in [2.75, 3.05) is 13.6 Å². The second-order valence-corrected chi connectivity index (χ2v) is 10.3. The van der Waals surface area contributed by atoms with Crippen molar-refractivity contribution in [3.8, 4) is 28.9 Å². The zero-order valence-corrected chi connectivity index (χ0v) is 22.9. The normalized spacial score (nSPS) is 14.6. The molecule has 4 aromatic rings. The van der Waals surface area contributed by atoms with Gasteiger partial charge in [-0.2, -0.15) is 4.39 Å². The highest BCUT2D eigenvalue weighted by atomic mass is 32.2. The van der Waals surface area contributed by atoms with Gasteiger partial charge in [0.25, 0.3) is 5.88 Å². The van der Waals surface area contributed by atoms with Crippen molar-refractivity contribution in [3.63, 3.8) is 0 Å². The molecule has 2 heterocycles. The summed E-state index contributed by atoms with van der Waals surface area (Å²) in [6.45, 7) is 0.546. The third-order valence-corrected chi connectivity index (χ3v) is 7.33. The number of phenols is 1. The fourth-order valence-electron chi connectivity index (χ4n) is 4.15. The number of aromatic nitrogens is 1. The summed E-state index contributed by atoms with van der Waals surface area (Å²) in [7, 11) is 1.84. The number of nitrogens with two attached hydrogens (primary N) is 2. The maximum atomic E-state index is 15.6. The number of carbonyl (C=O) groups is 1. The molecule has 1 amide bonds. The first kappa shape index (κ1) is 28.5. The minimum atomic E-state index is -1.26. The number of amides is 1. The summed E-state index contributed by atoms with van der Waals surface area (Å²) in [6.07, 6.45) is 1.93. The minimum absolute atomic E-state index is 0.120. The van der Waals surface area contributed by atoms with E-state index >= 15 is 4.39 Å². The van der Waals surface area contributed by atoms with Gasteiger partial charge in [-0.05, 0) is 55.6 Å². The van der Waals surface area contributed by atoms with E-state index in [1.807, 2.05) is 11.9 Å². The second-order valence-electron chi connectivity index (χ2n) is 9.16. The van der Waals surface area contributed by atoms with Crippen LogP contribution in [0, 0.1) is 17.0 Å². The van der Waals surface area contributed by atoms with Gasteiger partial charge in [-0.1, -0.05) is 23.9 Å². The largest absolute Gasteiger partial charge is 0.504 e. The van der Waals surface area contributed by atoms with Gasteiger partial charge in [-0.15, -0.1) is 0 Å². The Kier molecular flexibility index (Phi) is 8.04. The Morgan fingerprint density at radius 1 is 1.10 bits per heavy atom. The molecule has 0 radical (unpaired) electrons. The van der Waals surface area contributed by atoms with Crippen LogP contribution in [0.1, 0.15) is 27.7 Å². The lowest BCUT2D eigenvalue weighted by Gasteiger charge is -2.22. The van der Waals surface area contributed by atoms with Crippen LogP contribution in [0.4, 0.5) is 8.78 Å². The van der Waals surface area contributed by atoms with E-state index in [9.17, 15) is 14.3 Å². The lowest BCUT2D eigenvalue weighted by molar-refractivity contribution is 0.0997. The monoisotopic (exact) mass is 590 g/mol. The van der Waals surface area contributed by atoms with E-state index in [0.29, 0.717) is 27.5 Å². The number of carbonyl (C=O) groups excluding carboxylic acids is 1. The summed E-state index contributed by atoms with van der Waals surface area (Å²) < 4.78 is 41.7. The fraction of sp³-hybridized carbons (Fsp3) is 0.103. The molecule has 0 aliphatic carbocycles. The average molecular weight is 591 g/mol. The van der Waals surface area contributed by atoms with E-state index in [1.165, 1.54) is 30.0 Å². The van der Waals surface area contributed by atoms with E-state index in [0.717, 1.165) is 6.20 Å². The van der Waals surface area contributed by atoms with E-state index in [-0.39, 0.29) is 28.6 Å². The van der Waals surface area contributed by atoms with Gasteiger partial charge in [0.2, 0.25) is 17.5 Å². The van der Waals surface area contributed by atoms with Crippen molar-refractivity contribution in [1.82, 2.24) is 9.88 Å². The maximum Gasteiger partial charge on any atom is 0.260 e. The number of phenolic OH excluding ortho intramolecular Hbond substituents is 1. The second kappa shape index (κ2) is 11.8. The predicted octanol–water partition coefficient (Wildman–Crippen LogP) is 5.20. The minimum Gasteiger partial charge on any atom is -0.504 e. The molecule has 1 unspecified atom stereocenters. The first-order valence-corrected chi connectivity index (χ1v) is 13.2. The highest BCUT2D eigenvalue weighted by Gasteiger charge is 2.27. The Labute approximate surface area is 243 Å². The number of rotatable bonds is 9. The first-order valence-electron chi connectivity index (χ1n) is 12.4. The SMILES string of the molecule is CN1CC=NC1c1cc(Sc2ccccc2C(N)=O)ccc1Oc1c(F)cnc(Oc2cc(C(=N)N)ccc2O)c1F. The number of nitrogens with zero attached hydrogens (tertiary/aromatic N) is 3. The van der Waals surface area contributed by atoms with Gasteiger partial charge in [-0.3, -0.25) is 20.1 Å². The standard InChI is InChI=1S/C29H24F2N6O4S/c1-37-11-10-35-28(37)18-13-16(42-23-5-3-2-4-17(23)27(34)39)7-9-21(18)40-25-19(30)14-36-29(24(25)31)41-22-12-15(26(32)33)6-8-20(22)38/h2-10,12-14,28,38H,11H2,1H3,(H3,32,33)(H2,34,39). The number of benzene rings is 3. The van der Waals surface area contributed by atoms with Gasteiger partial charge in [0, 0.05) is 33.7 Å². The summed E-state index contributed by atoms with van der Waals surface area (Å²) >= 11 is 1.29. The molecule has 0 bridgehead atoms. The summed E-state index contributed by atoms with van der Waals surface area (Å²) in [5.41, 5.74) is 12.1. The summed E-state index contributed by atoms with van der Waals surface area (Å²) in [4.78, 5) is 23.3. The lowest BCUT2D eigenvalue weighted by Crippen LogP contribution is -2.19. The van der Waals surface area contributed by atoms with Crippen LogP contribution in [0.15, 0.2) is 81.6 Å². The Morgan fingerprint density at radius 3 is 2.60 bits per heavy atom. The third kappa shape index (κ3) is 5.87. The molecular formula is C29H24F2N6O4S. The van der Waals surface area contributed by atoms with Crippen molar-refractivity contribution >= 4 is 29.7 Å². The molecule has 42 heavy (non-hydrogen) atoms. The smallest absolute Gasteiger partial charge is 0.260 e. The van der Waals surface area contributed by atoms with Gasteiger partial charge < -0.3 is 26.0 Å². The Morgan fingerprint density at radius 2 is 1.88 bits per heavy atom. The zero-order valence-electron chi connectivity index (χ0n) is 22.0. The molecule has 0 spiro atoms. The van der Waals surface area contributed by atoms with Crippen LogP contribution in [0.25, 0.3) is 0 Å². The quantitative estimate of drug-likeness (QED) is 0.153. The molecule has 0 saturated heterocycles. The van der Waals surface area contributed by atoms with Crippen molar-refractivity contribution in [3.05, 3.63) is 95.2 Å². The molecule has 1 aliphatic rings. The number of amidine groups is 1. The van der Waals surface area contributed by atoms with E-state index in [1.54, 1.807) is 48.7 Å². The van der Waals surface area contributed by atoms with Crippen molar-refractivity contribution in [2.45, 2.75) is 16.0 Å².